The molecule has 0 bridgehead atoms. The Balaban J connectivity index is 1.58. The first kappa shape index (κ1) is 18.1. The second kappa shape index (κ2) is 8.61. The molecule has 2 N–H and O–H groups in total. The van der Waals surface area contributed by atoms with Crippen molar-refractivity contribution in [1.82, 2.24) is 10.2 Å². The van der Waals surface area contributed by atoms with Crippen molar-refractivity contribution in [2.45, 2.75) is 19.9 Å². The molecule has 5 heteroatoms. The molecule has 1 heterocycles. The summed E-state index contributed by atoms with van der Waals surface area (Å²) in [5.74, 6) is 1.28. The van der Waals surface area contributed by atoms with E-state index in [4.69, 9.17) is 0 Å². The van der Waals surface area contributed by atoms with E-state index in [-0.39, 0.29) is 0 Å². The Morgan fingerprint density at radius 3 is 2.31 bits per heavy atom. The molecule has 0 atom stereocenters. The normalized spacial score (nSPS) is 15.2. The third-order valence-corrected chi connectivity index (χ3v) is 4.95. The summed E-state index contributed by atoms with van der Waals surface area (Å²) in [4.78, 5) is 8.97. The van der Waals surface area contributed by atoms with Gasteiger partial charge in [-0.15, -0.1) is 0 Å². The van der Waals surface area contributed by atoms with E-state index in [0.717, 1.165) is 50.8 Å². The zero-order valence-electron chi connectivity index (χ0n) is 15.7. The first-order valence-corrected chi connectivity index (χ1v) is 9.28. The number of hydrogen-bond acceptors (Lipinski definition) is 3. The van der Waals surface area contributed by atoms with Gasteiger partial charge in [0.2, 0.25) is 0 Å². The Kier molecular flexibility index (Phi) is 6.00. The molecule has 3 rings (SSSR count). The number of nitrogens with zero attached hydrogens (tertiary/aromatic N) is 3. The van der Waals surface area contributed by atoms with E-state index >= 15 is 0 Å². The summed E-state index contributed by atoms with van der Waals surface area (Å²) >= 11 is 0. The number of rotatable bonds is 4. The topological polar surface area (TPSA) is 51.1 Å². The number of aromatic hydroxyl groups is 1. The third-order valence-electron chi connectivity index (χ3n) is 4.95. The Bertz CT molecular complexity index is 751. The van der Waals surface area contributed by atoms with Gasteiger partial charge in [0.25, 0.3) is 0 Å². The van der Waals surface area contributed by atoms with Gasteiger partial charge in [0.05, 0.1) is 5.69 Å². The maximum Gasteiger partial charge on any atom is 0.194 e. The van der Waals surface area contributed by atoms with Crippen LogP contribution in [0, 0.1) is 0 Å². The van der Waals surface area contributed by atoms with Gasteiger partial charge < -0.3 is 20.2 Å². The quantitative estimate of drug-likeness (QED) is 0.656. The number of aryl methyl sites for hydroxylation is 1. The van der Waals surface area contributed by atoms with Crippen LogP contribution in [0.15, 0.2) is 53.5 Å². The first-order chi connectivity index (χ1) is 12.7. The molecule has 1 aliphatic heterocycles. The molecule has 1 saturated heterocycles. The number of phenols is 1. The minimum Gasteiger partial charge on any atom is -0.506 e. The van der Waals surface area contributed by atoms with Crippen LogP contribution >= 0.6 is 0 Å². The Morgan fingerprint density at radius 2 is 1.65 bits per heavy atom. The molecular weight excluding hydrogens is 324 g/mol. The van der Waals surface area contributed by atoms with E-state index in [9.17, 15) is 5.11 Å². The molecule has 138 valence electrons. The number of guanidine groups is 1. The molecule has 2 aromatic rings. The van der Waals surface area contributed by atoms with Crippen LogP contribution in [0.5, 0.6) is 5.75 Å². The van der Waals surface area contributed by atoms with Crippen molar-refractivity contribution in [1.29, 1.82) is 0 Å². The molecular formula is C21H28N4O. The lowest BCUT2D eigenvalue weighted by Gasteiger charge is -2.37. The molecule has 0 radical (unpaired) electrons. The van der Waals surface area contributed by atoms with Gasteiger partial charge in [-0.2, -0.15) is 0 Å². The highest BCUT2D eigenvalue weighted by atomic mass is 16.3. The van der Waals surface area contributed by atoms with E-state index in [2.05, 4.69) is 51.3 Å². The number of nitrogens with one attached hydrogen (secondary N) is 1. The largest absolute Gasteiger partial charge is 0.506 e. The van der Waals surface area contributed by atoms with Crippen molar-refractivity contribution in [2.24, 2.45) is 4.99 Å². The molecule has 0 aliphatic carbocycles. The molecule has 2 aromatic carbocycles. The maximum atomic E-state index is 10.1. The van der Waals surface area contributed by atoms with Crippen molar-refractivity contribution in [3.8, 4) is 5.75 Å². The van der Waals surface area contributed by atoms with Gasteiger partial charge in [-0.25, -0.2) is 0 Å². The monoisotopic (exact) mass is 352 g/mol. The van der Waals surface area contributed by atoms with Crippen LogP contribution in [-0.2, 0) is 13.0 Å². The average Bonchev–Trinajstić information content (AvgIpc) is 2.70. The van der Waals surface area contributed by atoms with Crippen LogP contribution in [0.25, 0.3) is 0 Å². The van der Waals surface area contributed by atoms with E-state index < -0.39 is 0 Å². The number of benzene rings is 2. The maximum absolute atomic E-state index is 10.1. The predicted molar refractivity (Wildman–Crippen MR) is 108 cm³/mol. The van der Waals surface area contributed by atoms with Gasteiger partial charge in [-0.3, -0.25) is 4.99 Å². The zero-order valence-corrected chi connectivity index (χ0v) is 15.7. The molecule has 0 unspecified atom stereocenters. The summed E-state index contributed by atoms with van der Waals surface area (Å²) in [6.45, 7) is 6.46. The van der Waals surface area contributed by atoms with Crippen molar-refractivity contribution in [3.05, 3.63) is 59.7 Å². The lowest BCUT2D eigenvalue weighted by atomic mass is 10.1. The van der Waals surface area contributed by atoms with Crippen molar-refractivity contribution >= 4 is 11.6 Å². The number of para-hydroxylation sites is 2. The number of hydrogen-bond donors (Lipinski definition) is 2. The molecule has 1 aliphatic rings. The van der Waals surface area contributed by atoms with Crippen molar-refractivity contribution in [2.75, 3.05) is 38.1 Å². The van der Waals surface area contributed by atoms with Crippen LogP contribution < -0.4 is 10.2 Å². The summed E-state index contributed by atoms with van der Waals surface area (Å²) in [7, 11) is 1.84. The summed E-state index contributed by atoms with van der Waals surface area (Å²) in [5, 5.41) is 13.6. The van der Waals surface area contributed by atoms with E-state index in [1.54, 1.807) is 6.07 Å². The molecule has 5 nitrogen and oxygen atoms in total. The summed E-state index contributed by atoms with van der Waals surface area (Å²) in [6, 6.07) is 16.1. The fourth-order valence-corrected chi connectivity index (χ4v) is 3.47. The Morgan fingerprint density at radius 1 is 1.00 bits per heavy atom. The second-order valence-corrected chi connectivity index (χ2v) is 6.49. The fraction of sp³-hybridized carbons (Fsp3) is 0.381. The molecule has 0 amide bonds. The fourth-order valence-electron chi connectivity index (χ4n) is 3.47. The SMILES string of the molecule is CCc1ccccc1CNC(=NC)N1CCN(c2ccccc2O)CC1. The predicted octanol–water partition coefficient (Wildman–Crippen LogP) is 2.85. The van der Waals surface area contributed by atoms with Crippen LogP contribution in [-0.4, -0.2) is 49.2 Å². The van der Waals surface area contributed by atoms with E-state index in [0.29, 0.717) is 5.75 Å². The Labute approximate surface area is 156 Å². The molecule has 0 spiro atoms. The van der Waals surface area contributed by atoms with Crippen molar-refractivity contribution < 1.29 is 5.11 Å². The molecule has 1 fully saturated rings. The number of anilines is 1. The summed E-state index contributed by atoms with van der Waals surface area (Å²) < 4.78 is 0. The minimum absolute atomic E-state index is 0.347. The summed E-state index contributed by atoms with van der Waals surface area (Å²) in [6.07, 6.45) is 1.04. The molecule has 0 aromatic heterocycles. The Hall–Kier alpha value is -2.69. The van der Waals surface area contributed by atoms with Gasteiger partial charge in [-0.05, 0) is 29.7 Å². The van der Waals surface area contributed by atoms with Gasteiger partial charge in [0.15, 0.2) is 5.96 Å². The molecule has 26 heavy (non-hydrogen) atoms. The third kappa shape index (κ3) is 4.10. The second-order valence-electron chi connectivity index (χ2n) is 6.49. The van der Waals surface area contributed by atoms with Gasteiger partial charge in [-0.1, -0.05) is 43.3 Å². The summed E-state index contributed by atoms with van der Waals surface area (Å²) in [5.41, 5.74) is 3.61. The highest BCUT2D eigenvalue weighted by molar-refractivity contribution is 5.80. The lowest BCUT2D eigenvalue weighted by Crippen LogP contribution is -2.52. The number of phenolic OH excluding ortho intramolecular Hbond substituents is 1. The lowest BCUT2D eigenvalue weighted by molar-refractivity contribution is 0.369. The average molecular weight is 352 g/mol. The van der Waals surface area contributed by atoms with E-state index in [1.807, 2.05) is 25.2 Å². The van der Waals surface area contributed by atoms with Crippen LogP contribution in [0.3, 0.4) is 0 Å². The van der Waals surface area contributed by atoms with Crippen LogP contribution in [0.2, 0.25) is 0 Å². The standard InChI is InChI=1S/C21H28N4O/c1-3-17-8-4-5-9-18(17)16-23-21(22-2)25-14-12-24(13-15-25)19-10-6-7-11-20(19)26/h4-11,26H,3,12-16H2,1-2H3,(H,22,23). The molecule has 0 saturated carbocycles. The van der Waals surface area contributed by atoms with Crippen LogP contribution in [0.1, 0.15) is 18.1 Å². The zero-order chi connectivity index (χ0) is 18.4. The smallest absolute Gasteiger partial charge is 0.194 e. The van der Waals surface area contributed by atoms with Gasteiger partial charge in [0.1, 0.15) is 5.75 Å². The minimum atomic E-state index is 0.347. The van der Waals surface area contributed by atoms with Gasteiger partial charge >= 0.3 is 0 Å². The van der Waals surface area contributed by atoms with Crippen molar-refractivity contribution in [3.63, 3.8) is 0 Å². The van der Waals surface area contributed by atoms with Crippen LogP contribution in [0.4, 0.5) is 5.69 Å². The van der Waals surface area contributed by atoms with E-state index in [1.165, 1.54) is 11.1 Å². The number of piperazine rings is 1. The highest BCUT2D eigenvalue weighted by Gasteiger charge is 2.21. The highest BCUT2D eigenvalue weighted by Crippen LogP contribution is 2.27. The first-order valence-electron chi connectivity index (χ1n) is 9.28. The van der Waals surface area contributed by atoms with Gasteiger partial charge in [0, 0.05) is 39.8 Å². The number of aliphatic imine (C=N–C) groups is 1.